The average molecular weight is 960 g/mol. The van der Waals surface area contributed by atoms with Gasteiger partial charge in [-0.25, -0.2) is 18.0 Å². The molecule has 0 saturated carbocycles. The van der Waals surface area contributed by atoms with E-state index in [1.54, 1.807) is 33.5 Å². The molecule has 3 fully saturated rings. The lowest BCUT2D eigenvalue weighted by Crippen LogP contribution is -2.55. The fourth-order valence-electron chi connectivity index (χ4n) is 10.1. The van der Waals surface area contributed by atoms with Gasteiger partial charge < -0.3 is 30.3 Å². The molecule has 1 aromatic heterocycles. The van der Waals surface area contributed by atoms with Gasteiger partial charge in [0.1, 0.15) is 15.9 Å². The predicted molar refractivity (Wildman–Crippen MR) is 255 cm³/mol. The number of halogens is 1. The Hall–Kier alpha value is -5.49. The Morgan fingerprint density at radius 2 is 1.71 bits per heavy atom. The van der Waals surface area contributed by atoms with Crippen molar-refractivity contribution in [2.24, 2.45) is 0 Å². The molecule has 0 spiro atoms. The highest BCUT2D eigenvalue weighted by Gasteiger charge is 2.42. The molecule has 2 unspecified atom stereocenters. The van der Waals surface area contributed by atoms with E-state index in [4.69, 9.17) is 21.4 Å². The van der Waals surface area contributed by atoms with E-state index in [9.17, 15) is 32.4 Å². The quantitative estimate of drug-likeness (QED) is 0.0752. The number of hydrogen-bond donors (Lipinski definition) is 4. The highest BCUT2D eigenvalue weighted by molar-refractivity contribution is 7.88. The minimum absolute atomic E-state index is 0.0513. The van der Waals surface area contributed by atoms with E-state index < -0.39 is 28.1 Å². The number of ether oxygens (including phenoxy) is 1. The fourth-order valence-corrected chi connectivity index (χ4v) is 13.5. The molecule has 4 amide bonds. The summed E-state index contributed by atoms with van der Waals surface area (Å²) in [5.74, 6) is -1.82. The molecule has 66 heavy (non-hydrogen) atoms. The lowest BCUT2D eigenvalue weighted by Gasteiger charge is -2.45. The molecule has 15 nitrogen and oxygen atoms in total. The Morgan fingerprint density at radius 1 is 0.970 bits per heavy atom. The number of imide groups is 1. The van der Waals surface area contributed by atoms with Gasteiger partial charge in [0.15, 0.2) is 18.1 Å². The minimum Gasteiger partial charge on any atom is -0.479 e. The van der Waals surface area contributed by atoms with E-state index in [2.05, 4.69) is 46.0 Å². The van der Waals surface area contributed by atoms with Crippen LogP contribution in [0.15, 0.2) is 66.7 Å². The van der Waals surface area contributed by atoms with Gasteiger partial charge in [0.25, 0.3) is 0 Å². The van der Waals surface area contributed by atoms with Crippen LogP contribution >= 0.6 is 22.9 Å². The molecule has 4 aromatic rings. The van der Waals surface area contributed by atoms with Crippen molar-refractivity contribution < 1.29 is 42.2 Å². The second-order valence-electron chi connectivity index (χ2n) is 18.4. The number of carbonyl (C=O) groups is 5. The number of benzene rings is 3. The molecule has 3 atom stereocenters. The van der Waals surface area contributed by atoms with Crippen LogP contribution in [-0.2, 0) is 36.6 Å². The zero-order valence-corrected chi connectivity index (χ0v) is 39.8. The van der Waals surface area contributed by atoms with Crippen molar-refractivity contribution in [3.8, 4) is 16.2 Å². The number of piperidine rings is 3. The van der Waals surface area contributed by atoms with Crippen LogP contribution in [0.4, 0.5) is 21.9 Å². The van der Waals surface area contributed by atoms with Crippen LogP contribution in [0.25, 0.3) is 10.4 Å². The van der Waals surface area contributed by atoms with Crippen molar-refractivity contribution in [1.29, 1.82) is 0 Å². The lowest BCUT2D eigenvalue weighted by atomic mass is 9.88. The molecule has 8 rings (SSSR count). The molecule has 0 bridgehead atoms. The second kappa shape index (κ2) is 19.0. The van der Waals surface area contributed by atoms with Gasteiger partial charge in [-0.05, 0) is 118 Å². The van der Waals surface area contributed by atoms with Crippen LogP contribution < -0.4 is 25.6 Å². The van der Waals surface area contributed by atoms with E-state index in [1.165, 1.54) is 18.1 Å². The summed E-state index contributed by atoms with van der Waals surface area (Å²) in [6, 6.07) is 20.5. The second-order valence-corrected chi connectivity index (χ2v) is 21.7. The number of likely N-dealkylation sites (tertiary alicyclic amines) is 1. The van der Waals surface area contributed by atoms with Crippen LogP contribution in [0.1, 0.15) is 98.5 Å². The Balaban J connectivity index is 0.843. The molecule has 4 aliphatic rings. The topological polar surface area (TPSA) is 195 Å². The smallest absolute Gasteiger partial charge is 0.341 e. The first-order valence-corrected chi connectivity index (χ1v) is 25.1. The van der Waals surface area contributed by atoms with E-state index in [0.29, 0.717) is 67.0 Å². The van der Waals surface area contributed by atoms with Crippen molar-refractivity contribution >= 4 is 79.6 Å². The summed E-state index contributed by atoms with van der Waals surface area (Å²) >= 11 is 7.77. The highest BCUT2D eigenvalue weighted by Crippen LogP contribution is 2.46. The maximum absolute atomic E-state index is 14.1. The van der Waals surface area contributed by atoms with Gasteiger partial charge in [-0.1, -0.05) is 48.0 Å². The van der Waals surface area contributed by atoms with Crippen LogP contribution in [0, 0.1) is 0 Å². The summed E-state index contributed by atoms with van der Waals surface area (Å²) in [4.78, 5) is 66.2. The summed E-state index contributed by atoms with van der Waals surface area (Å²) in [7, 11) is -3.77. The van der Waals surface area contributed by atoms with E-state index in [1.807, 2.05) is 38.1 Å². The van der Waals surface area contributed by atoms with Gasteiger partial charge in [0.2, 0.25) is 21.8 Å². The van der Waals surface area contributed by atoms with Crippen molar-refractivity contribution in [2.45, 2.75) is 108 Å². The van der Waals surface area contributed by atoms with Gasteiger partial charge in [0.05, 0.1) is 10.6 Å². The van der Waals surface area contributed by atoms with Gasteiger partial charge in [-0.15, -0.1) is 11.3 Å². The summed E-state index contributed by atoms with van der Waals surface area (Å²) < 4.78 is 35.1. The van der Waals surface area contributed by atoms with Gasteiger partial charge >= 0.3 is 12.0 Å². The number of sulfonamides is 1. The number of amides is 4. The summed E-state index contributed by atoms with van der Waals surface area (Å²) in [6.45, 7) is 8.14. The largest absolute Gasteiger partial charge is 0.479 e. The molecular formula is C48H55ClN6O9S2. The number of urea groups is 1. The SMILES string of the molecule is CC(=O)c1sc(-c2cccc(N[C@H]3CCN(S(=O)(=O)Cc4cccc(NC(=O)N5CCC(c6ccc7c(c6)CC(C)N7C6CCC(=O)NC6=O)CC5)c4)C(C)(C)C3)c2)c(Cl)c1OCC(=O)O. The molecule has 18 heteroatoms. The zero-order chi connectivity index (χ0) is 47.1. The Bertz CT molecular complexity index is 2680. The standard InChI is InChI=1S/C48H55ClN6O9S2/c1-28-21-34-23-32(11-12-38(34)55(28)39-13-14-40(57)52-46(39)60)31-15-18-53(19-16-31)47(61)51-35-9-5-7-30(22-35)27-66(62,63)54-20-17-37(25-48(54,3)4)50-36-10-6-8-33(24-36)45-42(49)43(64-26-41(58)59)44(65-45)29(2)56/h5-12,22-24,28,31,37,39,50H,13-21,25-27H2,1-4H3,(H,51,61)(H,58,59)(H,52,57,60)/t28?,37-,39?/m0/s1. The van der Waals surface area contributed by atoms with Crippen LogP contribution in [-0.4, -0.2) is 102 Å². The third-order valence-corrected chi connectivity index (χ3v) is 16.9. The highest BCUT2D eigenvalue weighted by atomic mass is 35.5. The van der Waals surface area contributed by atoms with Crippen molar-refractivity contribution in [3.63, 3.8) is 0 Å². The third-order valence-electron chi connectivity index (χ3n) is 13.1. The fraction of sp³-hybridized carbons (Fsp3) is 0.438. The number of carboxylic acid groups (broad SMARTS) is 1. The van der Waals surface area contributed by atoms with Gasteiger partial charge in [-0.2, -0.15) is 4.31 Å². The first-order chi connectivity index (χ1) is 31.4. The summed E-state index contributed by atoms with van der Waals surface area (Å²) in [5, 5.41) is 18.3. The summed E-state index contributed by atoms with van der Waals surface area (Å²) in [6.07, 6.45) is 4.35. The van der Waals surface area contributed by atoms with Crippen LogP contribution in [0.5, 0.6) is 5.75 Å². The molecule has 350 valence electrons. The molecule has 4 N–H and O–H groups in total. The first kappa shape index (κ1) is 47.0. The van der Waals surface area contributed by atoms with Gasteiger partial charge in [0, 0.05) is 67.7 Å². The monoisotopic (exact) mass is 958 g/mol. The van der Waals surface area contributed by atoms with Crippen molar-refractivity contribution in [3.05, 3.63) is 93.3 Å². The van der Waals surface area contributed by atoms with E-state index in [0.717, 1.165) is 42.0 Å². The Morgan fingerprint density at radius 3 is 2.42 bits per heavy atom. The Labute approximate surface area is 393 Å². The third kappa shape index (κ3) is 10.1. The maximum atomic E-state index is 14.1. The van der Waals surface area contributed by atoms with Gasteiger partial charge in [-0.3, -0.25) is 19.7 Å². The lowest BCUT2D eigenvalue weighted by molar-refractivity contribution is -0.139. The van der Waals surface area contributed by atoms with Crippen molar-refractivity contribution in [1.82, 2.24) is 14.5 Å². The number of carbonyl (C=O) groups excluding carboxylic acids is 4. The first-order valence-electron chi connectivity index (χ1n) is 22.3. The summed E-state index contributed by atoms with van der Waals surface area (Å²) in [5.41, 5.74) is 5.35. The minimum atomic E-state index is -3.77. The number of rotatable bonds is 13. The van der Waals surface area contributed by atoms with Crippen molar-refractivity contribution in [2.75, 3.05) is 41.8 Å². The van der Waals surface area contributed by atoms with E-state index >= 15 is 0 Å². The molecule has 4 aliphatic heterocycles. The number of carboxylic acids is 1. The number of Topliss-reactive ketones (excluding diaryl/α,β-unsaturated/α-hetero) is 1. The molecule has 0 radical (unpaired) electrons. The molecular weight excluding hydrogens is 904 g/mol. The predicted octanol–water partition coefficient (Wildman–Crippen LogP) is 7.89. The molecule has 3 aromatic carbocycles. The van der Waals surface area contributed by atoms with Crippen LogP contribution in [0.2, 0.25) is 5.02 Å². The Kier molecular flexibility index (Phi) is 13.5. The zero-order valence-electron chi connectivity index (χ0n) is 37.4. The molecule has 5 heterocycles. The number of nitrogens with zero attached hydrogens (tertiary/aromatic N) is 3. The average Bonchev–Trinajstić information content (AvgIpc) is 3.77. The van der Waals surface area contributed by atoms with Crippen LogP contribution in [0.3, 0.4) is 0 Å². The molecule has 3 saturated heterocycles. The van der Waals surface area contributed by atoms with E-state index in [-0.39, 0.29) is 69.1 Å². The number of fused-ring (bicyclic) bond motifs is 1. The maximum Gasteiger partial charge on any atom is 0.341 e. The normalized spacial score (nSPS) is 21.3. The number of aliphatic carboxylic acids is 1. The number of hydrogen-bond acceptors (Lipinski definition) is 11. The number of thiophene rings is 1. The molecule has 0 aliphatic carbocycles. The number of ketones is 1. The number of nitrogens with one attached hydrogen (secondary N) is 3. The number of anilines is 3.